The van der Waals surface area contributed by atoms with Crippen LogP contribution in [0, 0.1) is 0 Å². The fourth-order valence-corrected chi connectivity index (χ4v) is 4.94. The third-order valence-electron chi connectivity index (χ3n) is 7.12. The number of nitrogens with one attached hydrogen (secondary N) is 2. The average Bonchev–Trinajstić information content (AvgIpc) is 3.04. The van der Waals surface area contributed by atoms with Crippen LogP contribution in [-0.2, 0) is 17.7 Å². The van der Waals surface area contributed by atoms with Gasteiger partial charge >= 0.3 is 5.97 Å². The van der Waals surface area contributed by atoms with Crippen LogP contribution in [0.15, 0.2) is 72.8 Å². The molecule has 2 amide bonds. The van der Waals surface area contributed by atoms with E-state index in [0.717, 1.165) is 29.7 Å². The van der Waals surface area contributed by atoms with E-state index in [-0.39, 0.29) is 48.2 Å². The number of benzene rings is 3. The lowest BCUT2D eigenvalue weighted by atomic mass is 9.99. The van der Waals surface area contributed by atoms with Gasteiger partial charge in [0.15, 0.2) is 0 Å². The Kier molecular flexibility index (Phi) is 16.1. The second-order valence-electron chi connectivity index (χ2n) is 10.6. The van der Waals surface area contributed by atoms with Crippen LogP contribution in [0.1, 0.15) is 75.8 Å². The van der Waals surface area contributed by atoms with Gasteiger partial charge in [-0.1, -0.05) is 56.3 Å². The molecule has 0 aromatic heterocycles. The third-order valence-corrected chi connectivity index (χ3v) is 7.12. The Morgan fingerprint density at radius 1 is 0.844 bits per heavy atom. The summed E-state index contributed by atoms with van der Waals surface area (Å²) in [5, 5.41) is 17.5. The number of carbonyl (C=O) groups is 3. The first-order valence-electron chi connectivity index (χ1n) is 15.3. The first kappa shape index (κ1) is 37.3. The van der Waals surface area contributed by atoms with Crippen LogP contribution in [0.3, 0.4) is 0 Å². The summed E-state index contributed by atoms with van der Waals surface area (Å²) in [7, 11) is 1.61. The molecule has 0 bridgehead atoms. The molecule has 3 rings (SSSR count). The van der Waals surface area contributed by atoms with Gasteiger partial charge in [0.25, 0.3) is 11.8 Å². The van der Waals surface area contributed by atoms with Crippen molar-refractivity contribution in [3.8, 4) is 5.75 Å². The molecule has 0 spiro atoms. The summed E-state index contributed by atoms with van der Waals surface area (Å²) in [6, 6.07) is 21.0. The molecule has 0 aliphatic carbocycles. The molecule has 0 saturated heterocycles. The van der Waals surface area contributed by atoms with Gasteiger partial charge in [-0.3, -0.25) is 9.59 Å². The zero-order valence-electron chi connectivity index (χ0n) is 26.6. The minimum absolute atomic E-state index is 0. The molecular formula is C35H46ClN3O6. The molecule has 45 heavy (non-hydrogen) atoms. The maximum atomic E-state index is 13.7. The van der Waals surface area contributed by atoms with Crippen molar-refractivity contribution in [1.29, 1.82) is 0 Å². The van der Waals surface area contributed by atoms with Crippen LogP contribution >= 0.6 is 12.4 Å². The molecule has 0 aliphatic heterocycles. The molecule has 0 unspecified atom stereocenters. The van der Waals surface area contributed by atoms with E-state index < -0.39 is 24.0 Å². The Hall–Kier alpha value is -3.92. The molecule has 3 aromatic carbocycles. The molecule has 9 nitrogen and oxygen atoms in total. The minimum atomic E-state index is -0.941. The average molecular weight is 640 g/mol. The summed E-state index contributed by atoms with van der Waals surface area (Å²) in [5.41, 5.74) is 2.43. The van der Waals surface area contributed by atoms with E-state index in [9.17, 15) is 19.5 Å². The Bertz CT molecular complexity index is 1360. The summed E-state index contributed by atoms with van der Waals surface area (Å²) >= 11 is 0. The monoisotopic (exact) mass is 639 g/mol. The molecule has 0 aliphatic rings. The smallest absolute Gasteiger partial charge is 0.338 e. The minimum Gasteiger partial charge on any atom is -0.497 e. The fourth-order valence-electron chi connectivity index (χ4n) is 4.94. The van der Waals surface area contributed by atoms with E-state index in [2.05, 4.69) is 10.6 Å². The molecule has 3 aromatic rings. The maximum Gasteiger partial charge on any atom is 0.338 e. The largest absolute Gasteiger partial charge is 0.497 e. The SMILES string of the molecule is CCCN(CCC)C(=O)c1cc(C(=O)N[C@@H](Cc2ccccc2)[C@H](O)CNCc2cccc(OC)c2)cc(C(=O)OCC)c1.Cl. The molecular weight excluding hydrogens is 594 g/mol. The van der Waals surface area contributed by atoms with Crippen LogP contribution in [0.4, 0.5) is 0 Å². The van der Waals surface area contributed by atoms with Crippen molar-refractivity contribution < 1.29 is 29.0 Å². The van der Waals surface area contributed by atoms with Crippen molar-refractivity contribution >= 4 is 30.2 Å². The van der Waals surface area contributed by atoms with Gasteiger partial charge in [-0.25, -0.2) is 4.79 Å². The van der Waals surface area contributed by atoms with Gasteiger partial charge in [0.1, 0.15) is 5.75 Å². The Morgan fingerprint density at radius 2 is 1.49 bits per heavy atom. The maximum absolute atomic E-state index is 13.7. The molecule has 3 N–H and O–H groups in total. The molecule has 0 fully saturated rings. The van der Waals surface area contributed by atoms with E-state index >= 15 is 0 Å². The lowest BCUT2D eigenvalue weighted by Gasteiger charge is -2.25. The van der Waals surface area contributed by atoms with Crippen LogP contribution in [0.25, 0.3) is 0 Å². The zero-order chi connectivity index (χ0) is 31.9. The fraction of sp³-hybridized carbons (Fsp3) is 0.400. The Morgan fingerprint density at radius 3 is 2.13 bits per heavy atom. The van der Waals surface area contributed by atoms with Crippen molar-refractivity contribution in [2.75, 3.05) is 33.4 Å². The second-order valence-corrected chi connectivity index (χ2v) is 10.6. The highest BCUT2D eigenvalue weighted by Crippen LogP contribution is 2.17. The number of nitrogens with zero attached hydrogens (tertiary/aromatic N) is 1. The summed E-state index contributed by atoms with van der Waals surface area (Å²) in [6.45, 7) is 7.68. The molecule has 2 atom stereocenters. The Labute approximate surface area is 272 Å². The molecule has 0 heterocycles. The number of aliphatic hydroxyl groups is 1. The predicted octanol–water partition coefficient (Wildman–Crippen LogP) is 5.05. The lowest BCUT2D eigenvalue weighted by Crippen LogP contribution is -2.48. The summed E-state index contributed by atoms with van der Waals surface area (Å²) in [4.78, 5) is 41.6. The number of aliphatic hydroxyl groups excluding tert-OH is 1. The van der Waals surface area contributed by atoms with Crippen LogP contribution in [-0.4, -0.2) is 73.3 Å². The van der Waals surface area contributed by atoms with Crippen molar-refractivity contribution in [2.24, 2.45) is 0 Å². The van der Waals surface area contributed by atoms with Crippen LogP contribution < -0.4 is 15.4 Å². The highest BCUT2D eigenvalue weighted by molar-refractivity contribution is 6.03. The van der Waals surface area contributed by atoms with Crippen LogP contribution in [0.2, 0.25) is 0 Å². The van der Waals surface area contributed by atoms with E-state index in [1.165, 1.54) is 18.2 Å². The zero-order valence-corrected chi connectivity index (χ0v) is 27.4. The van der Waals surface area contributed by atoms with Gasteiger partial charge in [-0.15, -0.1) is 12.4 Å². The number of amides is 2. The molecule has 244 valence electrons. The predicted molar refractivity (Wildman–Crippen MR) is 178 cm³/mol. The molecule has 0 saturated carbocycles. The molecule has 10 heteroatoms. The third kappa shape index (κ3) is 11.5. The van der Waals surface area contributed by atoms with Crippen molar-refractivity contribution in [3.63, 3.8) is 0 Å². The van der Waals surface area contributed by atoms with Gasteiger partial charge in [-0.05, 0) is 67.6 Å². The highest BCUT2D eigenvalue weighted by Gasteiger charge is 2.25. The highest BCUT2D eigenvalue weighted by atomic mass is 35.5. The lowest BCUT2D eigenvalue weighted by molar-refractivity contribution is 0.0526. The topological polar surface area (TPSA) is 117 Å². The van der Waals surface area contributed by atoms with Crippen molar-refractivity contribution in [1.82, 2.24) is 15.5 Å². The first-order chi connectivity index (χ1) is 21.3. The normalized spacial score (nSPS) is 11.9. The van der Waals surface area contributed by atoms with E-state index in [0.29, 0.717) is 26.1 Å². The summed E-state index contributed by atoms with van der Waals surface area (Å²) < 4.78 is 10.5. The number of halogens is 1. The van der Waals surface area contributed by atoms with Gasteiger partial charge in [0.05, 0.1) is 31.4 Å². The number of hydrogen-bond donors (Lipinski definition) is 3. The Balaban J connectivity index is 0.00000705. The van der Waals surface area contributed by atoms with Gasteiger partial charge in [-0.2, -0.15) is 0 Å². The standard InChI is InChI=1S/C35H45N3O6.ClH/c1-5-16-38(17-6-2)34(41)28-20-27(21-29(22-28)35(42)44-7-3)33(40)37-31(19-25-12-9-8-10-13-25)32(39)24-36-23-26-14-11-15-30(18-26)43-4;/h8-15,18,20-22,31-32,36,39H,5-7,16-17,19,23-24H2,1-4H3,(H,37,40);1H/t31-,32+;/m0./s1. The van der Waals surface area contributed by atoms with Crippen LogP contribution in [0.5, 0.6) is 5.75 Å². The summed E-state index contributed by atoms with van der Waals surface area (Å²) in [5.74, 6) is -0.627. The number of carbonyl (C=O) groups excluding carboxylic acids is 3. The van der Waals surface area contributed by atoms with E-state index in [4.69, 9.17) is 9.47 Å². The first-order valence-corrected chi connectivity index (χ1v) is 15.3. The summed E-state index contributed by atoms with van der Waals surface area (Å²) in [6.07, 6.45) is 0.991. The van der Waals surface area contributed by atoms with Gasteiger partial charge in [0.2, 0.25) is 0 Å². The molecule has 0 radical (unpaired) electrons. The second kappa shape index (κ2) is 19.5. The van der Waals surface area contributed by atoms with Gasteiger partial charge in [0, 0.05) is 37.3 Å². The van der Waals surface area contributed by atoms with Crippen molar-refractivity contribution in [2.45, 2.75) is 58.7 Å². The number of hydrogen-bond acceptors (Lipinski definition) is 7. The number of esters is 1. The van der Waals surface area contributed by atoms with E-state index in [1.54, 1.807) is 18.9 Å². The quantitative estimate of drug-likeness (QED) is 0.177. The number of ether oxygens (including phenoxy) is 2. The van der Waals surface area contributed by atoms with E-state index in [1.807, 2.05) is 68.4 Å². The van der Waals surface area contributed by atoms with Crippen molar-refractivity contribution in [3.05, 3.63) is 101 Å². The van der Waals surface area contributed by atoms with Gasteiger partial charge < -0.3 is 30.1 Å². The number of rotatable bonds is 17. The number of methoxy groups -OCH3 is 1.